The minimum atomic E-state index is -1.31. The van der Waals surface area contributed by atoms with Crippen molar-refractivity contribution in [1.82, 2.24) is 9.88 Å². The molecular weight excluding hydrogens is 341 g/mol. The Morgan fingerprint density at radius 1 is 1.31 bits per heavy atom. The van der Waals surface area contributed by atoms with Crippen LogP contribution in [0.2, 0.25) is 0 Å². The van der Waals surface area contributed by atoms with Crippen molar-refractivity contribution in [2.75, 3.05) is 25.0 Å². The quantitative estimate of drug-likeness (QED) is 0.620. The number of Topliss-reactive ketones (excluding diaryl/α,β-unsaturated/α-hetero) is 1. The number of ketones is 1. The summed E-state index contributed by atoms with van der Waals surface area (Å²) in [5, 5.41) is 15.2. The first-order valence-electron chi connectivity index (χ1n) is 8.44. The van der Waals surface area contributed by atoms with E-state index in [4.69, 9.17) is 0 Å². The van der Waals surface area contributed by atoms with E-state index in [1.807, 2.05) is 0 Å². The van der Waals surface area contributed by atoms with Crippen LogP contribution in [0.1, 0.15) is 36.2 Å². The first-order valence-corrected chi connectivity index (χ1v) is 8.44. The van der Waals surface area contributed by atoms with Crippen LogP contribution in [-0.2, 0) is 4.79 Å². The van der Waals surface area contributed by atoms with Crippen LogP contribution in [0.15, 0.2) is 23.1 Å². The van der Waals surface area contributed by atoms with Crippen molar-refractivity contribution in [3.05, 3.63) is 39.9 Å². The number of fused-ring (bicyclic) bond motifs is 1. The maximum absolute atomic E-state index is 14.4. The Bertz CT molecular complexity index is 934. The van der Waals surface area contributed by atoms with Crippen LogP contribution in [0.5, 0.6) is 0 Å². The number of carboxylic acids is 1. The van der Waals surface area contributed by atoms with E-state index in [9.17, 15) is 23.9 Å². The number of aromatic carboxylic acids is 1. The molecule has 0 atom stereocenters. The second-order valence-electron chi connectivity index (χ2n) is 6.47. The number of benzene rings is 1. The first-order chi connectivity index (χ1) is 12.4. The highest BCUT2D eigenvalue weighted by Gasteiger charge is 2.27. The van der Waals surface area contributed by atoms with Gasteiger partial charge in [0.05, 0.1) is 17.7 Å². The molecule has 1 aromatic heterocycles. The monoisotopic (exact) mass is 361 g/mol. The summed E-state index contributed by atoms with van der Waals surface area (Å²) in [6, 6.07) is 2.77. The third kappa shape index (κ3) is 3.75. The van der Waals surface area contributed by atoms with Gasteiger partial charge in [0.1, 0.15) is 17.2 Å². The lowest BCUT2D eigenvalue weighted by molar-refractivity contribution is -0.116. The Morgan fingerprint density at radius 2 is 2.04 bits per heavy atom. The van der Waals surface area contributed by atoms with Gasteiger partial charge in [-0.1, -0.05) is 0 Å². The molecule has 8 heteroatoms. The van der Waals surface area contributed by atoms with Crippen molar-refractivity contribution in [2.45, 2.75) is 25.8 Å². The van der Waals surface area contributed by atoms with Gasteiger partial charge in [0.15, 0.2) is 0 Å². The molecule has 0 radical (unpaired) electrons. The average Bonchev–Trinajstić information content (AvgIpc) is 3.40. The molecule has 0 bridgehead atoms. The molecule has 1 saturated carbocycles. The summed E-state index contributed by atoms with van der Waals surface area (Å²) >= 11 is 0. The van der Waals surface area contributed by atoms with E-state index >= 15 is 0 Å². The largest absolute Gasteiger partial charge is 0.477 e. The summed E-state index contributed by atoms with van der Waals surface area (Å²) in [6.07, 6.45) is 3.14. The fourth-order valence-corrected chi connectivity index (χ4v) is 2.86. The van der Waals surface area contributed by atoms with Crippen LogP contribution < -0.4 is 16.1 Å². The van der Waals surface area contributed by atoms with E-state index in [1.165, 1.54) is 13.1 Å². The number of aromatic nitrogens is 1. The van der Waals surface area contributed by atoms with E-state index in [2.05, 4.69) is 10.6 Å². The number of carbonyl (C=O) groups is 2. The first kappa shape index (κ1) is 18.1. The number of hydrogen-bond donors (Lipinski definition) is 3. The summed E-state index contributed by atoms with van der Waals surface area (Å²) in [6.45, 7) is 2.61. The van der Waals surface area contributed by atoms with Crippen LogP contribution in [0.4, 0.5) is 10.1 Å². The van der Waals surface area contributed by atoms with Crippen LogP contribution in [0, 0.1) is 5.82 Å². The second kappa shape index (κ2) is 7.25. The molecule has 1 aliphatic carbocycles. The van der Waals surface area contributed by atoms with Crippen molar-refractivity contribution < 1.29 is 19.1 Å². The minimum Gasteiger partial charge on any atom is -0.477 e. The smallest absolute Gasteiger partial charge is 0.341 e. The summed E-state index contributed by atoms with van der Waals surface area (Å²) in [7, 11) is 0. The van der Waals surface area contributed by atoms with Gasteiger partial charge >= 0.3 is 5.97 Å². The van der Waals surface area contributed by atoms with Crippen LogP contribution in [0.3, 0.4) is 0 Å². The molecule has 0 spiro atoms. The number of hydrogen-bond acceptors (Lipinski definition) is 5. The van der Waals surface area contributed by atoms with E-state index in [0.29, 0.717) is 18.6 Å². The van der Waals surface area contributed by atoms with E-state index in [-0.39, 0.29) is 35.0 Å². The molecule has 0 aliphatic heterocycles. The molecule has 1 aliphatic rings. The molecule has 0 unspecified atom stereocenters. The lowest BCUT2D eigenvalue weighted by atomic mass is 10.1. The Hall–Kier alpha value is -2.74. The van der Waals surface area contributed by atoms with Gasteiger partial charge in [-0.2, -0.15) is 0 Å². The number of nitrogens with one attached hydrogen (secondary N) is 2. The lowest BCUT2D eigenvalue weighted by Gasteiger charge is -2.14. The number of pyridine rings is 1. The number of rotatable bonds is 8. The molecule has 1 aromatic carbocycles. The molecule has 7 nitrogen and oxygen atoms in total. The molecule has 0 amide bonds. The summed E-state index contributed by atoms with van der Waals surface area (Å²) in [5.74, 6) is -1.92. The van der Waals surface area contributed by atoms with Gasteiger partial charge in [0.25, 0.3) is 0 Å². The zero-order chi connectivity index (χ0) is 18.8. The van der Waals surface area contributed by atoms with Gasteiger partial charge in [-0.15, -0.1) is 0 Å². The average molecular weight is 361 g/mol. The van der Waals surface area contributed by atoms with Gasteiger partial charge in [-0.3, -0.25) is 9.59 Å². The van der Waals surface area contributed by atoms with E-state index in [0.717, 1.165) is 18.9 Å². The van der Waals surface area contributed by atoms with Crippen molar-refractivity contribution in [1.29, 1.82) is 0 Å². The predicted molar refractivity (Wildman–Crippen MR) is 95.4 cm³/mol. The third-order valence-electron chi connectivity index (χ3n) is 4.28. The summed E-state index contributed by atoms with van der Waals surface area (Å²) < 4.78 is 16.1. The fraction of sp³-hybridized carbons (Fsp3) is 0.389. The van der Waals surface area contributed by atoms with Crippen LogP contribution in [-0.4, -0.2) is 41.1 Å². The molecular formula is C18H20FN3O4. The highest BCUT2D eigenvalue weighted by Crippen LogP contribution is 2.37. The van der Waals surface area contributed by atoms with Crippen molar-refractivity contribution in [2.24, 2.45) is 0 Å². The predicted octanol–water partition coefficient (Wildman–Crippen LogP) is 1.76. The number of carbonyl (C=O) groups excluding carboxylic acids is 1. The normalized spacial score (nSPS) is 13.8. The van der Waals surface area contributed by atoms with Gasteiger partial charge in [0, 0.05) is 30.7 Å². The fourth-order valence-electron chi connectivity index (χ4n) is 2.86. The van der Waals surface area contributed by atoms with Gasteiger partial charge < -0.3 is 20.3 Å². The van der Waals surface area contributed by atoms with E-state index in [1.54, 1.807) is 10.6 Å². The Labute approximate surface area is 148 Å². The van der Waals surface area contributed by atoms with Crippen LogP contribution >= 0.6 is 0 Å². The second-order valence-corrected chi connectivity index (χ2v) is 6.47. The van der Waals surface area contributed by atoms with Gasteiger partial charge in [0.2, 0.25) is 5.43 Å². The Morgan fingerprint density at radius 3 is 2.65 bits per heavy atom. The summed E-state index contributed by atoms with van der Waals surface area (Å²) in [4.78, 5) is 34.6. The van der Waals surface area contributed by atoms with E-state index < -0.39 is 17.2 Å². The standard InChI is InChI=1S/C18H20FN3O4/c1-10(23)8-20-4-5-21-15-7-16-12(6-14(15)19)17(24)13(18(25)26)9-22(16)11-2-3-11/h6-7,9,11,20-21H,2-5,8H2,1H3,(H,25,26). The van der Waals surface area contributed by atoms with Gasteiger partial charge in [-0.25, -0.2) is 9.18 Å². The Balaban J connectivity index is 1.92. The number of anilines is 1. The highest BCUT2D eigenvalue weighted by molar-refractivity contribution is 5.93. The topological polar surface area (TPSA) is 100 Å². The Kier molecular flexibility index (Phi) is 5.03. The molecule has 1 heterocycles. The molecule has 3 rings (SSSR count). The molecule has 26 heavy (non-hydrogen) atoms. The summed E-state index contributed by atoms with van der Waals surface area (Å²) in [5.41, 5.74) is -0.280. The zero-order valence-corrected chi connectivity index (χ0v) is 14.3. The highest BCUT2D eigenvalue weighted by atomic mass is 19.1. The molecule has 0 saturated heterocycles. The van der Waals surface area contributed by atoms with Crippen molar-refractivity contribution in [3.8, 4) is 0 Å². The van der Waals surface area contributed by atoms with Gasteiger partial charge in [-0.05, 0) is 31.9 Å². The molecule has 1 fully saturated rings. The maximum Gasteiger partial charge on any atom is 0.341 e. The number of carboxylic acid groups (broad SMARTS) is 1. The maximum atomic E-state index is 14.4. The van der Waals surface area contributed by atoms with Crippen LogP contribution in [0.25, 0.3) is 10.9 Å². The molecule has 3 N–H and O–H groups in total. The molecule has 2 aromatic rings. The van der Waals surface area contributed by atoms with Crippen molar-refractivity contribution in [3.63, 3.8) is 0 Å². The zero-order valence-electron chi connectivity index (χ0n) is 14.3. The minimum absolute atomic E-state index is 0.0181. The third-order valence-corrected chi connectivity index (χ3v) is 4.28. The SMILES string of the molecule is CC(=O)CNCCNc1cc2c(cc1F)c(=O)c(C(=O)O)cn2C1CC1. The molecule has 138 valence electrons. The lowest BCUT2D eigenvalue weighted by Crippen LogP contribution is -2.27. The number of halogens is 1. The van der Waals surface area contributed by atoms with Crippen molar-refractivity contribution >= 4 is 28.3 Å². The number of nitrogens with zero attached hydrogens (tertiary/aromatic N) is 1.